The fraction of sp³-hybridized carbons (Fsp3) is 0.333. The second kappa shape index (κ2) is 13.5. The molecule has 0 bridgehead atoms. The van der Waals surface area contributed by atoms with Gasteiger partial charge in [0, 0.05) is 49.4 Å². The topological polar surface area (TPSA) is 42.4 Å². The third-order valence-corrected chi connectivity index (χ3v) is 8.10. The summed E-state index contributed by atoms with van der Waals surface area (Å²) < 4.78 is 6.33. The number of aryl methyl sites for hydroxylation is 1. The fourth-order valence-corrected chi connectivity index (χ4v) is 5.73. The van der Waals surface area contributed by atoms with Crippen LogP contribution >= 0.6 is 0 Å². The molecule has 4 aromatic rings. The summed E-state index contributed by atoms with van der Waals surface area (Å²) in [4.78, 5) is 19.2. The third kappa shape index (κ3) is 7.45. The average molecular weight is 533 g/mol. The van der Waals surface area contributed by atoms with Gasteiger partial charge in [-0.25, -0.2) is 0 Å². The summed E-state index contributed by atoms with van der Waals surface area (Å²) in [7, 11) is 0. The van der Waals surface area contributed by atoms with Crippen molar-refractivity contribution in [2.45, 2.75) is 77.6 Å². The molecule has 1 fully saturated rings. The maximum atomic E-state index is 12.5. The standard InChI is InChI=1S/C36H40N2O2/c1-27-8-5-9-28(2)38(27)25-32-10-6-12-33(22-32)35-13-3-4-14-36(35)40-26-31-17-15-29(16-18-31)23-34(39)20-19-30-11-7-21-37-24-30/h3-4,6-7,10-18,21-22,24,27-28H,5,8-9,19-20,23,25-26H2,1-2H3/t27-,28+. The van der Waals surface area contributed by atoms with Gasteiger partial charge in [-0.1, -0.05) is 73.2 Å². The molecule has 2 atom stereocenters. The fourth-order valence-electron chi connectivity index (χ4n) is 5.73. The van der Waals surface area contributed by atoms with Crippen LogP contribution in [0, 0.1) is 0 Å². The molecule has 1 saturated heterocycles. The summed E-state index contributed by atoms with van der Waals surface area (Å²) in [6.45, 7) is 6.18. The third-order valence-electron chi connectivity index (χ3n) is 8.10. The molecule has 0 amide bonds. The first-order valence-electron chi connectivity index (χ1n) is 14.6. The van der Waals surface area contributed by atoms with Gasteiger partial charge in [-0.15, -0.1) is 0 Å². The summed E-state index contributed by atoms with van der Waals surface area (Å²) in [5, 5.41) is 0. The lowest BCUT2D eigenvalue weighted by Crippen LogP contribution is -2.42. The zero-order valence-electron chi connectivity index (χ0n) is 23.8. The van der Waals surface area contributed by atoms with Gasteiger partial charge in [-0.2, -0.15) is 0 Å². The minimum Gasteiger partial charge on any atom is -0.488 e. The van der Waals surface area contributed by atoms with Crippen molar-refractivity contribution in [1.29, 1.82) is 0 Å². The van der Waals surface area contributed by atoms with Crippen molar-refractivity contribution in [1.82, 2.24) is 9.88 Å². The predicted octanol–water partition coefficient (Wildman–Crippen LogP) is 7.83. The zero-order valence-corrected chi connectivity index (χ0v) is 23.8. The highest BCUT2D eigenvalue weighted by molar-refractivity contribution is 5.81. The van der Waals surface area contributed by atoms with Crippen LogP contribution in [0.4, 0.5) is 0 Å². The maximum absolute atomic E-state index is 12.5. The second-order valence-electron chi connectivity index (χ2n) is 11.2. The molecule has 0 N–H and O–H groups in total. The number of hydrogen-bond acceptors (Lipinski definition) is 4. The Balaban J connectivity index is 1.19. The molecule has 0 spiro atoms. The number of ether oxygens (including phenoxy) is 1. The highest BCUT2D eigenvalue weighted by Gasteiger charge is 2.24. The molecule has 0 radical (unpaired) electrons. The van der Waals surface area contributed by atoms with E-state index in [1.165, 1.54) is 30.4 Å². The van der Waals surface area contributed by atoms with Gasteiger partial charge in [-0.3, -0.25) is 14.7 Å². The van der Waals surface area contributed by atoms with E-state index in [-0.39, 0.29) is 5.78 Å². The van der Waals surface area contributed by atoms with Crippen molar-refractivity contribution in [3.63, 3.8) is 0 Å². The van der Waals surface area contributed by atoms with E-state index in [0.29, 0.717) is 31.5 Å². The number of carbonyl (C=O) groups excluding carboxylic acids is 1. The Kier molecular flexibility index (Phi) is 9.41. The molecule has 3 aromatic carbocycles. The van der Waals surface area contributed by atoms with E-state index < -0.39 is 0 Å². The SMILES string of the molecule is C[C@@H]1CCC[C@H](C)N1Cc1cccc(-c2ccccc2OCc2ccc(CC(=O)CCc3cccnc3)cc2)c1. The second-order valence-corrected chi connectivity index (χ2v) is 11.2. The van der Waals surface area contributed by atoms with Gasteiger partial charge in [0.15, 0.2) is 0 Å². The van der Waals surface area contributed by atoms with E-state index in [4.69, 9.17) is 4.74 Å². The predicted molar refractivity (Wildman–Crippen MR) is 162 cm³/mol. The molecule has 1 aliphatic rings. The van der Waals surface area contributed by atoms with E-state index in [9.17, 15) is 4.79 Å². The quantitative estimate of drug-likeness (QED) is 0.197. The van der Waals surface area contributed by atoms with Crippen LogP contribution in [0.2, 0.25) is 0 Å². The van der Waals surface area contributed by atoms with Gasteiger partial charge in [0.05, 0.1) is 0 Å². The number of pyridine rings is 1. The van der Waals surface area contributed by atoms with E-state index >= 15 is 0 Å². The van der Waals surface area contributed by atoms with Crippen molar-refractivity contribution in [2.24, 2.45) is 0 Å². The Hall–Kier alpha value is -3.76. The van der Waals surface area contributed by atoms with E-state index in [1.54, 1.807) is 6.20 Å². The van der Waals surface area contributed by atoms with Crippen molar-refractivity contribution in [3.05, 3.63) is 120 Å². The van der Waals surface area contributed by atoms with Crippen LogP contribution < -0.4 is 4.74 Å². The molecule has 0 unspecified atom stereocenters. The first kappa shape index (κ1) is 27.8. The average Bonchev–Trinajstić information content (AvgIpc) is 2.98. The molecule has 4 heteroatoms. The van der Waals surface area contributed by atoms with Gasteiger partial charge in [-0.05, 0) is 79.1 Å². The first-order chi connectivity index (χ1) is 19.5. The zero-order chi connectivity index (χ0) is 27.7. The molecule has 0 aliphatic carbocycles. The summed E-state index contributed by atoms with van der Waals surface area (Å²) >= 11 is 0. The highest BCUT2D eigenvalue weighted by Crippen LogP contribution is 2.32. The Morgan fingerprint density at radius 1 is 0.850 bits per heavy atom. The van der Waals surface area contributed by atoms with Crippen LogP contribution in [0.1, 0.15) is 61.8 Å². The van der Waals surface area contributed by atoms with Crippen molar-refractivity contribution in [2.75, 3.05) is 0 Å². The molecule has 4 nitrogen and oxygen atoms in total. The van der Waals surface area contributed by atoms with E-state index in [2.05, 4.69) is 72.3 Å². The normalized spacial score (nSPS) is 17.4. The Morgan fingerprint density at radius 2 is 1.60 bits per heavy atom. The van der Waals surface area contributed by atoms with Gasteiger partial charge < -0.3 is 4.74 Å². The number of piperidine rings is 1. The van der Waals surface area contributed by atoms with Crippen LogP contribution in [0.15, 0.2) is 97.3 Å². The summed E-state index contributed by atoms with van der Waals surface area (Å²) in [5.74, 6) is 1.13. The van der Waals surface area contributed by atoms with Gasteiger partial charge in [0.2, 0.25) is 0 Å². The number of benzene rings is 3. The van der Waals surface area contributed by atoms with Crippen LogP contribution in [0.3, 0.4) is 0 Å². The van der Waals surface area contributed by atoms with Crippen molar-refractivity contribution in [3.8, 4) is 16.9 Å². The largest absolute Gasteiger partial charge is 0.488 e. The van der Waals surface area contributed by atoms with Crippen molar-refractivity contribution < 1.29 is 9.53 Å². The minimum atomic E-state index is 0.244. The molecule has 1 aromatic heterocycles. The lowest BCUT2D eigenvalue weighted by molar-refractivity contribution is -0.118. The Labute approximate surface area is 239 Å². The monoisotopic (exact) mass is 532 g/mol. The Morgan fingerprint density at radius 3 is 2.38 bits per heavy atom. The van der Waals surface area contributed by atoms with Gasteiger partial charge in [0.25, 0.3) is 0 Å². The molecule has 1 aliphatic heterocycles. The number of carbonyl (C=O) groups is 1. The molecule has 5 rings (SSSR count). The molecule has 206 valence electrons. The van der Waals surface area contributed by atoms with Gasteiger partial charge in [0.1, 0.15) is 18.1 Å². The number of aromatic nitrogens is 1. The molecule has 2 heterocycles. The smallest absolute Gasteiger partial charge is 0.137 e. The van der Waals surface area contributed by atoms with E-state index in [0.717, 1.165) is 41.0 Å². The first-order valence-corrected chi connectivity index (χ1v) is 14.6. The van der Waals surface area contributed by atoms with Crippen LogP contribution in [-0.2, 0) is 30.8 Å². The number of likely N-dealkylation sites (tertiary alicyclic amines) is 1. The molecule has 40 heavy (non-hydrogen) atoms. The summed E-state index contributed by atoms with van der Waals surface area (Å²) in [6, 6.07) is 30.6. The number of Topliss-reactive ketones (excluding diaryl/α,β-unsaturated/α-hetero) is 1. The number of para-hydroxylation sites is 1. The summed E-state index contributed by atoms with van der Waals surface area (Å²) in [5.41, 5.74) is 6.86. The molecular formula is C36H40N2O2. The maximum Gasteiger partial charge on any atom is 0.137 e. The number of nitrogens with zero attached hydrogens (tertiary/aromatic N) is 2. The highest BCUT2D eigenvalue weighted by atomic mass is 16.5. The molecule has 0 saturated carbocycles. The van der Waals surface area contributed by atoms with Crippen LogP contribution in [0.25, 0.3) is 11.1 Å². The number of hydrogen-bond donors (Lipinski definition) is 0. The molecular weight excluding hydrogens is 492 g/mol. The van der Waals surface area contributed by atoms with E-state index in [1.807, 2.05) is 42.6 Å². The Bertz CT molecular complexity index is 1370. The van der Waals surface area contributed by atoms with Crippen LogP contribution in [0.5, 0.6) is 5.75 Å². The van der Waals surface area contributed by atoms with Crippen molar-refractivity contribution >= 4 is 5.78 Å². The summed E-state index contributed by atoms with van der Waals surface area (Å²) in [6.07, 6.45) is 9.20. The number of ketones is 1. The van der Waals surface area contributed by atoms with Crippen LogP contribution in [-0.4, -0.2) is 27.8 Å². The van der Waals surface area contributed by atoms with Gasteiger partial charge >= 0.3 is 0 Å². The minimum absolute atomic E-state index is 0.244. The number of rotatable bonds is 11. The lowest BCUT2D eigenvalue weighted by atomic mass is 9.96. The lowest BCUT2D eigenvalue weighted by Gasteiger charge is -2.39.